The minimum absolute atomic E-state index is 1.02. The van der Waals surface area contributed by atoms with E-state index in [0.717, 1.165) is 11.8 Å². The van der Waals surface area contributed by atoms with Crippen molar-refractivity contribution < 1.29 is 0 Å². The summed E-state index contributed by atoms with van der Waals surface area (Å²) in [6.07, 6.45) is 22.6. The van der Waals surface area contributed by atoms with E-state index in [0.29, 0.717) is 0 Å². The van der Waals surface area contributed by atoms with Crippen molar-refractivity contribution in [1.29, 1.82) is 0 Å². The molecule has 16 heavy (non-hydrogen) atoms. The average Bonchev–Trinajstić information content (AvgIpc) is 2.37. The summed E-state index contributed by atoms with van der Waals surface area (Å²) in [5.41, 5.74) is 0. The highest BCUT2D eigenvalue weighted by molar-refractivity contribution is 4.87. The second-order valence-electron chi connectivity index (χ2n) is 5.95. The summed E-state index contributed by atoms with van der Waals surface area (Å²) < 4.78 is 0. The Bertz CT molecular complexity index is 170. The van der Waals surface area contributed by atoms with Crippen LogP contribution in [0.2, 0.25) is 0 Å². The van der Waals surface area contributed by atoms with E-state index < -0.39 is 0 Å². The fourth-order valence-corrected chi connectivity index (χ4v) is 3.42. The van der Waals surface area contributed by atoms with Gasteiger partial charge in [0.1, 0.15) is 0 Å². The van der Waals surface area contributed by atoms with Gasteiger partial charge in [-0.2, -0.15) is 0 Å². The Hall–Kier alpha value is -0.260. The van der Waals surface area contributed by atoms with E-state index in [1.807, 2.05) is 0 Å². The third kappa shape index (κ3) is 4.31. The number of hydrogen-bond acceptors (Lipinski definition) is 0. The zero-order valence-electron chi connectivity index (χ0n) is 10.8. The molecule has 0 aliphatic heterocycles. The van der Waals surface area contributed by atoms with Gasteiger partial charge in [-0.05, 0) is 24.7 Å². The van der Waals surface area contributed by atoms with E-state index in [9.17, 15) is 0 Å². The van der Waals surface area contributed by atoms with Crippen LogP contribution in [-0.2, 0) is 0 Å². The Morgan fingerprint density at radius 3 is 1.31 bits per heavy atom. The van der Waals surface area contributed by atoms with Gasteiger partial charge >= 0.3 is 0 Å². The van der Waals surface area contributed by atoms with Gasteiger partial charge in [-0.25, -0.2) is 0 Å². The summed E-state index contributed by atoms with van der Waals surface area (Å²) in [4.78, 5) is 0. The van der Waals surface area contributed by atoms with Gasteiger partial charge in [0, 0.05) is 0 Å². The maximum absolute atomic E-state index is 2.49. The quantitative estimate of drug-likeness (QED) is 0.550. The molecule has 92 valence electrons. The van der Waals surface area contributed by atoms with Gasteiger partial charge in [-0.1, -0.05) is 76.4 Å². The minimum atomic E-state index is 1.02. The Morgan fingerprint density at radius 2 is 0.938 bits per heavy atom. The van der Waals surface area contributed by atoms with E-state index in [4.69, 9.17) is 0 Å². The SMILES string of the molecule is C(=C\CC1CCCCC1)/CC1CCCCC1. The van der Waals surface area contributed by atoms with E-state index >= 15 is 0 Å². The monoisotopic (exact) mass is 220 g/mol. The maximum atomic E-state index is 2.49. The van der Waals surface area contributed by atoms with Crippen LogP contribution in [0.3, 0.4) is 0 Å². The normalized spacial score (nSPS) is 25.2. The summed E-state index contributed by atoms with van der Waals surface area (Å²) in [5, 5.41) is 0. The average molecular weight is 220 g/mol. The molecule has 0 aromatic rings. The van der Waals surface area contributed by atoms with Crippen LogP contribution in [0.1, 0.15) is 77.0 Å². The van der Waals surface area contributed by atoms with Gasteiger partial charge in [0.25, 0.3) is 0 Å². The van der Waals surface area contributed by atoms with Gasteiger partial charge in [0.15, 0.2) is 0 Å². The molecule has 0 aromatic heterocycles. The first kappa shape index (κ1) is 12.2. The predicted molar refractivity (Wildman–Crippen MR) is 71.5 cm³/mol. The summed E-state index contributed by atoms with van der Waals surface area (Å²) in [6, 6.07) is 0. The molecule has 0 heteroatoms. The molecule has 2 saturated carbocycles. The van der Waals surface area contributed by atoms with Crippen LogP contribution in [0, 0.1) is 11.8 Å². The molecule has 0 bridgehead atoms. The molecule has 0 amide bonds. The van der Waals surface area contributed by atoms with Gasteiger partial charge in [0.2, 0.25) is 0 Å². The van der Waals surface area contributed by atoms with Crippen molar-refractivity contribution >= 4 is 0 Å². The first-order valence-corrected chi connectivity index (χ1v) is 7.60. The third-order valence-corrected chi connectivity index (χ3v) is 4.55. The first-order valence-electron chi connectivity index (χ1n) is 7.60. The van der Waals surface area contributed by atoms with Crippen LogP contribution in [0.25, 0.3) is 0 Å². The number of rotatable bonds is 4. The maximum Gasteiger partial charge on any atom is -0.0322 e. The lowest BCUT2D eigenvalue weighted by Crippen LogP contribution is -2.05. The summed E-state index contributed by atoms with van der Waals surface area (Å²) in [6.45, 7) is 0. The lowest BCUT2D eigenvalue weighted by Gasteiger charge is -2.21. The topological polar surface area (TPSA) is 0 Å². The number of hydrogen-bond donors (Lipinski definition) is 0. The van der Waals surface area contributed by atoms with Crippen molar-refractivity contribution in [2.24, 2.45) is 11.8 Å². The van der Waals surface area contributed by atoms with Crippen LogP contribution in [0.4, 0.5) is 0 Å². The molecule has 2 fully saturated rings. The van der Waals surface area contributed by atoms with Crippen molar-refractivity contribution in [3.8, 4) is 0 Å². The van der Waals surface area contributed by atoms with Crippen molar-refractivity contribution in [2.45, 2.75) is 77.0 Å². The molecule has 0 radical (unpaired) electrons. The summed E-state index contributed by atoms with van der Waals surface area (Å²) in [5.74, 6) is 2.05. The highest BCUT2D eigenvalue weighted by Gasteiger charge is 2.12. The van der Waals surface area contributed by atoms with Crippen molar-refractivity contribution in [3.05, 3.63) is 12.2 Å². The van der Waals surface area contributed by atoms with Crippen LogP contribution < -0.4 is 0 Å². The molecular formula is C16H28. The van der Waals surface area contributed by atoms with Crippen molar-refractivity contribution in [3.63, 3.8) is 0 Å². The van der Waals surface area contributed by atoms with Crippen LogP contribution in [-0.4, -0.2) is 0 Å². The molecule has 2 rings (SSSR count). The number of allylic oxidation sites excluding steroid dienone is 2. The van der Waals surface area contributed by atoms with E-state index in [-0.39, 0.29) is 0 Å². The lowest BCUT2D eigenvalue weighted by atomic mass is 9.85. The Kier molecular flexibility index (Phi) is 5.45. The molecular weight excluding hydrogens is 192 g/mol. The molecule has 0 unspecified atom stereocenters. The predicted octanol–water partition coefficient (Wildman–Crippen LogP) is 5.48. The Morgan fingerprint density at radius 1 is 0.562 bits per heavy atom. The van der Waals surface area contributed by atoms with Crippen LogP contribution >= 0.6 is 0 Å². The second-order valence-corrected chi connectivity index (χ2v) is 5.95. The highest BCUT2D eigenvalue weighted by atomic mass is 14.2. The van der Waals surface area contributed by atoms with Gasteiger partial charge in [-0.15, -0.1) is 0 Å². The van der Waals surface area contributed by atoms with Crippen LogP contribution in [0.5, 0.6) is 0 Å². The van der Waals surface area contributed by atoms with E-state index in [2.05, 4.69) is 12.2 Å². The molecule has 0 N–H and O–H groups in total. The molecule has 0 spiro atoms. The highest BCUT2D eigenvalue weighted by Crippen LogP contribution is 2.28. The molecule has 0 saturated heterocycles. The lowest BCUT2D eigenvalue weighted by molar-refractivity contribution is 0.355. The second kappa shape index (κ2) is 7.14. The van der Waals surface area contributed by atoms with Crippen molar-refractivity contribution in [1.82, 2.24) is 0 Å². The van der Waals surface area contributed by atoms with Gasteiger partial charge in [-0.3, -0.25) is 0 Å². The summed E-state index contributed by atoms with van der Waals surface area (Å²) >= 11 is 0. The minimum Gasteiger partial charge on any atom is -0.0883 e. The van der Waals surface area contributed by atoms with Crippen molar-refractivity contribution in [2.75, 3.05) is 0 Å². The summed E-state index contributed by atoms with van der Waals surface area (Å²) in [7, 11) is 0. The smallest absolute Gasteiger partial charge is 0.0322 e. The molecule has 0 heterocycles. The largest absolute Gasteiger partial charge is 0.0883 e. The standard InChI is InChI=1S/C16H28/c1-3-9-15(10-4-1)13-7-8-14-16-11-5-2-6-12-16/h7-8,15-16H,1-6,9-14H2/b8-7+. The Balaban J connectivity index is 1.57. The van der Waals surface area contributed by atoms with E-state index in [1.165, 1.54) is 77.0 Å². The zero-order valence-corrected chi connectivity index (χ0v) is 10.8. The fourth-order valence-electron chi connectivity index (χ4n) is 3.42. The van der Waals surface area contributed by atoms with Gasteiger partial charge in [0.05, 0.1) is 0 Å². The molecule has 0 aromatic carbocycles. The molecule has 2 aliphatic carbocycles. The van der Waals surface area contributed by atoms with Gasteiger partial charge < -0.3 is 0 Å². The first-order chi connectivity index (χ1) is 7.95. The third-order valence-electron chi connectivity index (χ3n) is 4.55. The molecule has 0 nitrogen and oxygen atoms in total. The molecule has 2 aliphatic rings. The fraction of sp³-hybridized carbons (Fsp3) is 0.875. The molecule has 0 atom stereocenters. The zero-order chi connectivity index (χ0) is 11.1. The van der Waals surface area contributed by atoms with E-state index in [1.54, 1.807) is 0 Å². The van der Waals surface area contributed by atoms with Crippen LogP contribution in [0.15, 0.2) is 12.2 Å². The Labute approximate surface area is 102 Å².